The molecule has 0 aliphatic heterocycles. The maximum atomic E-state index is 8.97. The molecular weight excluding hydrogens is 224 g/mol. The summed E-state index contributed by atoms with van der Waals surface area (Å²) in [5.41, 5.74) is 2.09. The van der Waals surface area contributed by atoms with Gasteiger partial charge in [0.05, 0.1) is 6.61 Å². The van der Waals surface area contributed by atoms with E-state index in [1.165, 1.54) is 0 Å². The molecule has 0 saturated heterocycles. The Labute approximate surface area is 102 Å². The molecule has 0 amide bonds. The monoisotopic (exact) mass is 242 g/mol. The SMILES string of the molecule is CCCN(CCO)Cc1cc(C)nc(Cl)c1. The zero-order valence-electron chi connectivity index (χ0n) is 9.91. The number of hydrogen-bond acceptors (Lipinski definition) is 3. The van der Waals surface area contributed by atoms with E-state index in [2.05, 4.69) is 16.8 Å². The Morgan fingerprint density at radius 3 is 2.69 bits per heavy atom. The van der Waals surface area contributed by atoms with Gasteiger partial charge in [-0.1, -0.05) is 18.5 Å². The number of halogens is 1. The molecule has 1 rings (SSSR count). The summed E-state index contributed by atoms with van der Waals surface area (Å²) in [6.07, 6.45) is 1.08. The summed E-state index contributed by atoms with van der Waals surface area (Å²) in [4.78, 5) is 6.34. The molecule has 0 spiro atoms. The van der Waals surface area contributed by atoms with Crippen molar-refractivity contribution in [2.24, 2.45) is 0 Å². The Balaban J connectivity index is 2.68. The van der Waals surface area contributed by atoms with Crippen molar-refractivity contribution in [1.29, 1.82) is 0 Å². The normalized spacial score (nSPS) is 11.1. The van der Waals surface area contributed by atoms with E-state index in [0.717, 1.165) is 30.8 Å². The molecule has 0 aromatic carbocycles. The van der Waals surface area contributed by atoms with Crippen LogP contribution in [0, 0.1) is 6.92 Å². The third-order valence-corrected chi connectivity index (χ3v) is 2.54. The van der Waals surface area contributed by atoms with Crippen molar-refractivity contribution >= 4 is 11.6 Å². The van der Waals surface area contributed by atoms with E-state index >= 15 is 0 Å². The first-order valence-corrected chi connectivity index (χ1v) is 5.99. The van der Waals surface area contributed by atoms with E-state index in [9.17, 15) is 0 Å². The lowest BCUT2D eigenvalue weighted by molar-refractivity contribution is 0.190. The zero-order chi connectivity index (χ0) is 12.0. The highest BCUT2D eigenvalue weighted by atomic mass is 35.5. The molecule has 0 aliphatic rings. The molecule has 0 fully saturated rings. The lowest BCUT2D eigenvalue weighted by Crippen LogP contribution is -2.27. The number of aliphatic hydroxyl groups is 1. The Hall–Kier alpha value is -0.640. The van der Waals surface area contributed by atoms with Crippen molar-refractivity contribution in [3.8, 4) is 0 Å². The molecule has 0 unspecified atom stereocenters. The zero-order valence-corrected chi connectivity index (χ0v) is 10.7. The Kier molecular flexibility index (Phi) is 5.74. The lowest BCUT2D eigenvalue weighted by Gasteiger charge is -2.20. The molecule has 1 heterocycles. The van der Waals surface area contributed by atoms with Crippen LogP contribution in [0.4, 0.5) is 0 Å². The van der Waals surface area contributed by atoms with Crippen LogP contribution in [0.3, 0.4) is 0 Å². The number of aryl methyl sites for hydroxylation is 1. The van der Waals surface area contributed by atoms with E-state index < -0.39 is 0 Å². The summed E-state index contributed by atoms with van der Waals surface area (Å²) in [5, 5.41) is 9.51. The number of aliphatic hydroxyl groups excluding tert-OH is 1. The van der Waals surface area contributed by atoms with Gasteiger partial charge >= 0.3 is 0 Å². The van der Waals surface area contributed by atoms with E-state index in [1.807, 2.05) is 19.1 Å². The van der Waals surface area contributed by atoms with Crippen LogP contribution >= 0.6 is 11.6 Å². The number of aromatic nitrogens is 1. The largest absolute Gasteiger partial charge is 0.395 e. The van der Waals surface area contributed by atoms with Gasteiger partial charge in [0.1, 0.15) is 5.15 Å². The van der Waals surface area contributed by atoms with Gasteiger partial charge in [0, 0.05) is 18.8 Å². The molecule has 0 bridgehead atoms. The summed E-state index contributed by atoms with van der Waals surface area (Å²) in [6.45, 7) is 6.77. The first kappa shape index (κ1) is 13.4. The number of nitrogens with zero attached hydrogens (tertiary/aromatic N) is 2. The van der Waals surface area contributed by atoms with Gasteiger partial charge in [0.25, 0.3) is 0 Å². The molecule has 4 heteroatoms. The van der Waals surface area contributed by atoms with Crippen LogP contribution in [0.2, 0.25) is 5.15 Å². The Morgan fingerprint density at radius 2 is 2.12 bits per heavy atom. The molecular formula is C12H19ClN2O. The molecule has 90 valence electrons. The Morgan fingerprint density at radius 1 is 1.38 bits per heavy atom. The summed E-state index contributed by atoms with van der Waals surface area (Å²) in [7, 11) is 0. The van der Waals surface area contributed by atoms with E-state index in [-0.39, 0.29) is 6.61 Å². The minimum Gasteiger partial charge on any atom is -0.395 e. The van der Waals surface area contributed by atoms with Crippen LogP contribution in [0.25, 0.3) is 0 Å². The highest BCUT2D eigenvalue weighted by Crippen LogP contribution is 2.12. The first-order valence-electron chi connectivity index (χ1n) is 5.62. The lowest BCUT2D eigenvalue weighted by atomic mass is 10.2. The van der Waals surface area contributed by atoms with Gasteiger partial charge in [-0.3, -0.25) is 4.90 Å². The van der Waals surface area contributed by atoms with Crippen molar-refractivity contribution in [2.45, 2.75) is 26.8 Å². The number of hydrogen-bond donors (Lipinski definition) is 1. The molecule has 1 N–H and O–H groups in total. The topological polar surface area (TPSA) is 36.4 Å². The molecule has 0 aliphatic carbocycles. The van der Waals surface area contributed by atoms with Gasteiger partial charge in [0.2, 0.25) is 0 Å². The fourth-order valence-corrected chi connectivity index (χ4v) is 2.05. The highest BCUT2D eigenvalue weighted by molar-refractivity contribution is 6.29. The summed E-state index contributed by atoms with van der Waals surface area (Å²) in [6, 6.07) is 3.92. The first-order chi connectivity index (χ1) is 7.65. The van der Waals surface area contributed by atoms with Crippen LogP contribution in [-0.2, 0) is 6.54 Å². The fraction of sp³-hybridized carbons (Fsp3) is 0.583. The molecule has 16 heavy (non-hydrogen) atoms. The van der Waals surface area contributed by atoms with Gasteiger partial charge in [-0.25, -0.2) is 4.98 Å². The molecule has 0 saturated carbocycles. The van der Waals surface area contributed by atoms with Crippen LogP contribution in [-0.4, -0.2) is 34.7 Å². The molecule has 0 radical (unpaired) electrons. The van der Waals surface area contributed by atoms with Crippen molar-refractivity contribution < 1.29 is 5.11 Å². The van der Waals surface area contributed by atoms with Crippen LogP contribution in [0.15, 0.2) is 12.1 Å². The van der Waals surface area contributed by atoms with Crippen LogP contribution in [0.1, 0.15) is 24.6 Å². The minimum absolute atomic E-state index is 0.192. The maximum absolute atomic E-state index is 8.97. The van der Waals surface area contributed by atoms with Gasteiger partial charge in [-0.2, -0.15) is 0 Å². The average molecular weight is 243 g/mol. The van der Waals surface area contributed by atoms with E-state index in [4.69, 9.17) is 16.7 Å². The van der Waals surface area contributed by atoms with Crippen molar-refractivity contribution in [3.05, 3.63) is 28.5 Å². The third-order valence-electron chi connectivity index (χ3n) is 2.34. The van der Waals surface area contributed by atoms with Gasteiger partial charge < -0.3 is 5.11 Å². The summed E-state index contributed by atoms with van der Waals surface area (Å²) in [5.74, 6) is 0. The molecule has 1 aromatic rings. The molecule has 1 aromatic heterocycles. The highest BCUT2D eigenvalue weighted by Gasteiger charge is 2.05. The summed E-state index contributed by atoms with van der Waals surface area (Å²) < 4.78 is 0. The average Bonchev–Trinajstić information content (AvgIpc) is 2.16. The van der Waals surface area contributed by atoms with Gasteiger partial charge in [-0.15, -0.1) is 0 Å². The fourth-order valence-electron chi connectivity index (χ4n) is 1.77. The van der Waals surface area contributed by atoms with Crippen LogP contribution in [0.5, 0.6) is 0 Å². The van der Waals surface area contributed by atoms with E-state index in [1.54, 1.807) is 0 Å². The van der Waals surface area contributed by atoms with Crippen molar-refractivity contribution in [2.75, 3.05) is 19.7 Å². The predicted molar refractivity (Wildman–Crippen MR) is 66.6 cm³/mol. The third kappa shape index (κ3) is 4.47. The minimum atomic E-state index is 0.192. The predicted octanol–water partition coefficient (Wildman–Crippen LogP) is 2.25. The second-order valence-corrected chi connectivity index (χ2v) is 4.33. The quantitative estimate of drug-likeness (QED) is 0.778. The van der Waals surface area contributed by atoms with Gasteiger partial charge in [0.15, 0.2) is 0 Å². The standard InChI is InChI=1S/C12H19ClN2O/c1-3-4-15(5-6-16)9-11-7-10(2)14-12(13)8-11/h7-8,16H,3-6,9H2,1-2H3. The molecule has 0 atom stereocenters. The van der Waals surface area contributed by atoms with Gasteiger partial charge in [-0.05, 0) is 37.6 Å². The number of pyridine rings is 1. The molecule has 3 nitrogen and oxygen atoms in total. The van der Waals surface area contributed by atoms with Crippen molar-refractivity contribution in [3.63, 3.8) is 0 Å². The smallest absolute Gasteiger partial charge is 0.129 e. The maximum Gasteiger partial charge on any atom is 0.129 e. The Bertz CT molecular complexity index is 305. The number of rotatable bonds is 6. The van der Waals surface area contributed by atoms with E-state index in [0.29, 0.717) is 11.7 Å². The van der Waals surface area contributed by atoms with Crippen molar-refractivity contribution in [1.82, 2.24) is 9.88 Å². The second kappa shape index (κ2) is 6.84. The summed E-state index contributed by atoms with van der Waals surface area (Å²) >= 11 is 5.91. The second-order valence-electron chi connectivity index (χ2n) is 3.94. The van der Waals surface area contributed by atoms with Crippen LogP contribution < -0.4 is 0 Å².